The molecule has 3 unspecified atom stereocenters. The van der Waals surface area contributed by atoms with Crippen molar-refractivity contribution >= 4 is 25.7 Å². The lowest BCUT2D eigenvalue weighted by Gasteiger charge is -2.21. The number of esters is 3. The first-order valence-corrected chi connectivity index (χ1v) is 29.3. The van der Waals surface area contributed by atoms with Crippen LogP contribution in [-0.4, -0.2) is 66.5 Å². The summed E-state index contributed by atoms with van der Waals surface area (Å²) in [6.45, 7) is 4.44. The minimum Gasteiger partial charge on any atom is -0.462 e. The lowest BCUT2D eigenvalue weighted by molar-refractivity contribution is -0.161. The first-order chi connectivity index (χ1) is 34.2. The molecule has 0 rings (SSSR count). The molecule has 0 heterocycles. The monoisotopic (exact) mass is 1000 g/mol. The number of carbonyl (C=O) groups is 3. The summed E-state index contributed by atoms with van der Waals surface area (Å²) < 4.78 is 39.4. The van der Waals surface area contributed by atoms with Crippen LogP contribution in [0.4, 0.5) is 0 Å². The van der Waals surface area contributed by atoms with Gasteiger partial charge in [-0.15, -0.1) is 0 Å². The second kappa shape index (κ2) is 52.2. The number of aliphatic hydroxyl groups is 1. The number of allylic oxidation sites excluding steroid dienone is 12. The van der Waals surface area contributed by atoms with Gasteiger partial charge in [0.15, 0.2) is 6.10 Å². The number of hydrogen-bond acceptors (Lipinski definition) is 10. The average Bonchev–Trinajstić information content (AvgIpc) is 3.35. The third-order valence-electron chi connectivity index (χ3n) is 11.6. The molecule has 404 valence electrons. The molecule has 0 aromatic carbocycles. The number of phosphoric ester groups is 1. The molecular formula is C58H101O11P. The Bertz CT molecular complexity index is 1450. The van der Waals surface area contributed by atoms with Gasteiger partial charge in [-0.1, -0.05) is 209 Å². The molecule has 0 aliphatic heterocycles. The minimum absolute atomic E-state index is 0.128. The van der Waals surface area contributed by atoms with E-state index >= 15 is 0 Å². The van der Waals surface area contributed by atoms with Crippen LogP contribution in [0.2, 0.25) is 0 Å². The van der Waals surface area contributed by atoms with Gasteiger partial charge in [0.2, 0.25) is 0 Å². The van der Waals surface area contributed by atoms with Crippen LogP contribution in [0.3, 0.4) is 0 Å². The summed E-state index contributed by atoms with van der Waals surface area (Å²) in [6.07, 6.45) is 57.2. The maximum absolute atomic E-state index is 12.9. The second-order valence-corrected chi connectivity index (χ2v) is 19.8. The molecule has 0 aromatic rings. The molecule has 0 spiro atoms. The van der Waals surface area contributed by atoms with Crippen LogP contribution in [0.1, 0.15) is 239 Å². The van der Waals surface area contributed by atoms with Crippen LogP contribution >= 0.6 is 7.82 Å². The van der Waals surface area contributed by atoms with E-state index in [9.17, 15) is 28.9 Å². The van der Waals surface area contributed by atoms with Crippen molar-refractivity contribution < 1.29 is 52.2 Å². The van der Waals surface area contributed by atoms with Gasteiger partial charge in [-0.3, -0.25) is 23.4 Å². The smallest absolute Gasteiger partial charge is 0.462 e. The molecule has 0 amide bonds. The van der Waals surface area contributed by atoms with Crippen molar-refractivity contribution in [3.05, 3.63) is 72.9 Å². The van der Waals surface area contributed by atoms with E-state index in [0.717, 1.165) is 109 Å². The topological polar surface area (TPSA) is 155 Å². The van der Waals surface area contributed by atoms with E-state index in [4.69, 9.17) is 23.3 Å². The molecule has 0 aliphatic carbocycles. The molecule has 0 saturated heterocycles. The largest absolute Gasteiger partial charge is 0.472 e. The molecule has 0 aromatic heterocycles. The van der Waals surface area contributed by atoms with Gasteiger partial charge in [-0.25, -0.2) is 4.57 Å². The Balaban J connectivity index is 4.79. The van der Waals surface area contributed by atoms with Gasteiger partial charge >= 0.3 is 25.7 Å². The van der Waals surface area contributed by atoms with E-state index in [0.29, 0.717) is 19.3 Å². The molecule has 11 nitrogen and oxygen atoms in total. The fourth-order valence-corrected chi connectivity index (χ4v) is 8.15. The van der Waals surface area contributed by atoms with E-state index < -0.39 is 57.8 Å². The molecule has 0 bridgehead atoms. The number of rotatable bonds is 51. The number of unbranched alkanes of at least 4 members (excludes halogenated alkanes) is 22. The van der Waals surface area contributed by atoms with Crippen LogP contribution in [0, 0.1) is 0 Å². The van der Waals surface area contributed by atoms with Crippen LogP contribution in [0.15, 0.2) is 72.9 Å². The van der Waals surface area contributed by atoms with Crippen molar-refractivity contribution in [3.8, 4) is 0 Å². The fraction of sp³-hybridized carbons (Fsp3) is 0.741. The van der Waals surface area contributed by atoms with Crippen molar-refractivity contribution in [2.45, 2.75) is 251 Å². The summed E-state index contributed by atoms with van der Waals surface area (Å²) in [6, 6.07) is 0. The third-order valence-corrected chi connectivity index (χ3v) is 12.6. The van der Waals surface area contributed by atoms with Crippen molar-refractivity contribution in [2.75, 3.05) is 26.4 Å². The zero-order valence-electron chi connectivity index (χ0n) is 44.5. The Morgan fingerprint density at radius 2 is 0.757 bits per heavy atom. The first-order valence-electron chi connectivity index (χ1n) is 27.8. The number of aliphatic hydroxyl groups excluding tert-OH is 1. The highest BCUT2D eigenvalue weighted by Gasteiger charge is 2.28. The Hall–Kier alpha value is -3.08. The van der Waals surface area contributed by atoms with Crippen LogP contribution in [0.5, 0.6) is 0 Å². The SMILES string of the molecule is CC/C=C\C/C=C\C/C=C\C/C=C\C/C=C\CCCCCC(=O)OC(COC(=O)CCCCCCCCCCCCCCC)COP(=O)(O)OCC(CO)OC(=O)CCCCCCC/C=C\CCCC. The molecule has 70 heavy (non-hydrogen) atoms. The van der Waals surface area contributed by atoms with Crippen molar-refractivity contribution in [3.63, 3.8) is 0 Å². The third kappa shape index (κ3) is 49.9. The number of phosphoric acid groups is 1. The summed E-state index contributed by atoms with van der Waals surface area (Å²) >= 11 is 0. The van der Waals surface area contributed by atoms with E-state index in [1.165, 1.54) is 70.6 Å². The Morgan fingerprint density at radius 1 is 0.414 bits per heavy atom. The average molecular weight is 1010 g/mol. The number of hydrogen-bond donors (Lipinski definition) is 2. The summed E-state index contributed by atoms with van der Waals surface area (Å²) in [5.74, 6) is -1.51. The fourth-order valence-electron chi connectivity index (χ4n) is 7.36. The van der Waals surface area contributed by atoms with Gasteiger partial charge in [0.25, 0.3) is 0 Å². The predicted molar refractivity (Wildman–Crippen MR) is 288 cm³/mol. The van der Waals surface area contributed by atoms with Gasteiger partial charge in [0.1, 0.15) is 12.7 Å². The van der Waals surface area contributed by atoms with E-state index in [1.807, 2.05) is 0 Å². The Kier molecular flexibility index (Phi) is 50.0. The van der Waals surface area contributed by atoms with Crippen molar-refractivity contribution in [2.24, 2.45) is 0 Å². The molecule has 0 saturated carbocycles. The number of carbonyl (C=O) groups excluding carboxylic acids is 3. The normalized spacial score (nSPS) is 14.0. The Morgan fingerprint density at radius 3 is 1.21 bits per heavy atom. The molecule has 2 N–H and O–H groups in total. The zero-order chi connectivity index (χ0) is 51.3. The molecular weight excluding hydrogens is 904 g/mol. The van der Waals surface area contributed by atoms with Gasteiger partial charge in [-0.05, 0) is 83.5 Å². The van der Waals surface area contributed by atoms with E-state index in [1.54, 1.807) is 0 Å². The summed E-state index contributed by atoms with van der Waals surface area (Å²) in [4.78, 5) is 48.4. The van der Waals surface area contributed by atoms with Gasteiger partial charge in [-0.2, -0.15) is 0 Å². The van der Waals surface area contributed by atoms with Gasteiger partial charge < -0.3 is 24.2 Å². The van der Waals surface area contributed by atoms with Crippen molar-refractivity contribution in [1.29, 1.82) is 0 Å². The van der Waals surface area contributed by atoms with Crippen LogP contribution in [-0.2, 0) is 42.2 Å². The minimum atomic E-state index is -4.75. The lowest BCUT2D eigenvalue weighted by Crippen LogP contribution is -2.30. The van der Waals surface area contributed by atoms with Crippen LogP contribution < -0.4 is 0 Å². The highest BCUT2D eigenvalue weighted by molar-refractivity contribution is 7.47. The van der Waals surface area contributed by atoms with Gasteiger partial charge in [0, 0.05) is 19.3 Å². The molecule has 0 fully saturated rings. The first kappa shape index (κ1) is 66.9. The summed E-state index contributed by atoms with van der Waals surface area (Å²) in [5.41, 5.74) is 0. The second-order valence-electron chi connectivity index (χ2n) is 18.4. The maximum atomic E-state index is 12.9. The lowest BCUT2D eigenvalue weighted by atomic mass is 10.0. The number of ether oxygens (including phenoxy) is 3. The highest BCUT2D eigenvalue weighted by atomic mass is 31.2. The standard InChI is InChI=1S/C58H101O11P/c1-4-7-10-13-16-19-22-24-25-26-27-28-29-31-34-37-40-43-46-49-58(62)69-55(51-65-56(60)47-44-41-38-35-33-30-23-20-17-14-11-8-5-2)53-67-70(63,64)66-52-54(50-59)68-57(61)48-45-42-39-36-32-21-18-15-12-9-6-3/h7,10,15-16,18-19,24-25,27-28,31,34,54-55,59H,4-6,8-9,11-14,17,20-23,26,29-30,32-33,35-53H2,1-3H3,(H,63,64)/b10-7-,18-15-,19-16-,25-24-,28-27-,34-31-. The quantitative estimate of drug-likeness (QED) is 0.0197. The molecule has 0 aliphatic rings. The summed E-state index contributed by atoms with van der Waals surface area (Å²) in [5, 5.41) is 9.78. The van der Waals surface area contributed by atoms with Crippen molar-refractivity contribution in [1.82, 2.24) is 0 Å². The zero-order valence-corrected chi connectivity index (χ0v) is 45.4. The highest BCUT2D eigenvalue weighted by Crippen LogP contribution is 2.43. The van der Waals surface area contributed by atoms with E-state index in [-0.39, 0.29) is 25.9 Å². The van der Waals surface area contributed by atoms with Gasteiger partial charge in [0.05, 0.1) is 19.8 Å². The molecule has 3 atom stereocenters. The predicted octanol–water partition coefficient (Wildman–Crippen LogP) is 16.1. The molecule has 12 heteroatoms. The van der Waals surface area contributed by atoms with Crippen LogP contribution in [0.25, 0.3) is 0 Å². The molecule has 0 radical (unpaired) electrons. The Labute approximate surface area is 427 Å². The maximum Gasteiger partial charge on any atom is 0.472 e. The summed E-state index contributed by atoms with van der Waals surface area (Å²) in [7, 11) is -4.75. The van der Waals surface area contributed by atoms with E-state index in [2.05, 4.69) is 93.7 Å².